The average molecular weight is 430 g/mol. The van der Waals surface area contributed by atoms with E-state index >= 15 is 0 Å². The van der Waals surface area contributed by atoms with E-state index in [2.05, 4.69) is 26.8 Å². The van der Waals surface area contributed by atoms with Crippen LogP contribution in [0.1, 0.15) is 30.5 Å². The van der Waals surface area contributed by atoms with Gasteiger partial charge in [-0.25, -0.2) is 19.4 Å². The highest BCUT2D eigenvalue weighted by Crippen LogP contribution is 2.52. The van der Waals surface area contributed by atoms with E-state index in [1.54, 1.807) is 32.0 Å². The van der Waals surface area contributed by atoms with E-state index < -0.39 is 17.0 Å². The van der Waals surface area contributed by atoms with Gasteiger partial charge >= 0.3 is 0 Å². The van der Waals surface area contributed by atoms with Gasteiger partial charge in [-0.2, -0.15) is 0 Å². The maximum atomic E-state index is 15.0. The van der Waals surface area contributed by atoms with E-state index in [1.165, 1.54) is 24.8 Å². The second-order valence-electron chi connectivity index (χ2n) is 8.18. The number of aliphatic hydroxyl groups is 1. The summed E-state index contributed by atoms with van der Waals surface area (Å²) in [5.41, 5.74) is 6.55. The zero-order valence-electron chi connectivity index (χ0n) is 17.4. The standard InChI is InChI=1S/C24H19FN4O3/c1-23(2,30)6-5-14-3-4-20-17(7-14)24(12-31-22(26)29-24)18-8-16(15-10-27-13-28-11-15)19(25)9-21(18)32-20/h3-4,7-11,13,30H,12H2,1-2H3,(H2,26,29)/t24-/m1/s1. The molecule has 2 aliphatic heterocycles. The molecule has 0 fully saturated rings. The molecule has 1 atom stereocenters. The molecule has 160 valence electrons. The zero-order chi connectivity index (χ0) is 22.5. The molecular weight excluding hydrogens is 411 g/mol. The fraction of sp³-hybridized carbons (Fsp3) is 0.208. The molecule has 0 radical (unpaired) electrons. The van der Waals surface area contributed by atoms with Crippen LogP contribution in [0.2, 0.25) is 0 Å². The number of rotatable bonds is 1. The Bertz CT molecular complexity index is 1320. The molecule has 3 N–H and O–H groups in total. The molecule has 0 amide bonds. The smallest absolute Gasteiger partial charge is 0.283 e. The number of benzene rings is 2. The van der Waals surface area contributed by atoms with Crippen molar-refractivity contribution in [3.63, 3.8) is 0 Å². The Morgan fingerprint density at radius 1 is 1.12 bits per heavy atom. The first-order valence-corrected chi connectivity index (χ1v) is 9.91. The fourth-order valence-corrected chi connectivity index (χ4v) is 3.84. The molecule has 5 rings (SSSR count). The minimum Gasteiger partial charge on any atom is -0.462 e. The van der Waals surface area contributed by atoms with Gasteiger partial charge in [-0.15, -0.1) is 0 Å². The number of aromatic nitrogens is 2. The Morgan fingerprint density at radius 2 is 1.88 bits per heavy atom. The van der Waals surface area contributed by atoms with Crippen LogP contribution < -0.4 is 10.5 Å². The van der Waals surface area contributed by atoms with Crippen LogP contribution in [0.4, 0.5) is 4.39 Å². The van der Waals surface area contributed by atoms with E-state index in [0.717, 1.165) is 0 Å². The van der Waals surface area contributed by atoms with Crippen molar-refractivity contribution in [3.05, 3.63) is 71.6 Å². The maximum Gasteiger partial charge on any atom is 0.283 e. The highest BCUT2D eigenvalue weighted by atomic mass is 19.1. The largest absolute Gasteiger partial charge is 0.462 e. The van der Waals surface area contributed by atoms with Crippen LogP contribution in [0.5, 0.6) is 11.5 Å². The Hall–Kier alpha value is -3.96. The minimum atomic E-state index is -1.14. The van der Waals surface area contributed by atoms with Gasteiger partial charge in [0.15, 0.2) is 5.54 Å². The van der Waals surface area contributed by atoms with Crippen molar-refractivity contribution in [2.24, 2.45) is 10.7 Å². The molecular formula is C24H19FN4O3. The first kappa shape index (κ1) is 20.0. The van der Waals surface area contributed by atoms with Crippen LogP contribution in [-0.4, -0.2) is 33.3 Å². The van der Waals surface area contributed by atoms with Crippen molar-refractivity contribution >= 4 is 6.02 Å². The Morgan fingerprint density at radius 3 is 2.56 bits per heavy atom. The summed E-state index contributed by atoms with van der Waals surface area (Å²) in [5.74, 6) is 6.13. The average Bonchev–Trinajstić information content (AvgIpc) is 3.14. The van der Waals surface area contributed by atoms with Gasteiger partial charge in [-0.05, 0) is 38.1 Å². The van der Waals surface area contributed by atoms with Gasteiger partial charge in [-0.1, -0.05) is 11.8 Å². The van der Waals surface area contributed by atoms with Gasteiger partial charge in [0.1, 0.15) is 35.9 Å². The zero-order valence-corrected chi connectivity index (χ0v) is 17.4. The molecule has 8 heteroatoms. The lowest BCUT2D eigenvalue weighted by Gasteiger charge is -2.34. The number of nitrogens with two attached hydrogens (primary N) is 1. The summed E-state index contributed by atoms with van der Waals surface area (Å²) < 4.78 is 26.6. The molecule has 3 aromatic rings. The minimum absolute atomic E-state index is 0.0331. The summed E-state index contributed by atoms with van der Waals surface area (Å²) in [6.07, 6.45) is 4.46. The quantitative estimate of drug-likeness (QED) is 0.575. The maximum absolute atomic E-state index is 15.0. The Balaban J connectivity index is 1.72. The number of hydrogen-bond donors (Lipinski definition) is 2. The first-order chi connectivity index (χ1) is 15.2. The molecule has 2 aromatic carbocycles. The number of ether oxygens (including phenoxy) is 2. The third-order valence-electron chi connectivity index (χ3n) is 5.27. The molecule has 1 spiro atoms. The van der Waals surface area contributed by atoms with Crippen LogP contribution in [0.3, 0.4) is 0 Å². The van der Waals surface area contributed by atoms with Gasteiger partial charge in [-0.3, -0.25) is 0 Å². The summed E-state index contributed by atoms with van der Waals surface area (Å²) in [4.78, 5) is 12.6. The van der Waals surface area contributed by atoms with Crippen molar-refractivity contribution in [3.8, 4) is 34.5 Å². The molecule has 2 aliphatic rings. The fourth-order valence-electron chi connectivity index (χ4n) is 3.84. The molecule has 0 saturated carbocycles. The second kappa shape index (κ2) is 7.04. The Kier molecular flexibility index (Phi) is 4.39. The third kappa shape index (κ3) is 3.33. The number of fused-ring (bicyclic) bond motifs is 4. The molecule has 7 nitrogen and oxygen atoms in total. The van der Waals surface area contributed by atoms with Crippen LogP contribution in [-0.2, 0) is 10.3 Å². The summed E-state index contributed by atoms with van der Waals surface area (Å²) in [6, 6.07) is 8.38. The summed E-state index contributed by atoms with van der Waals surface area (Å²) >= 11 is 0. The lowest BCUT2D eigenvalue weighted by atomic mass is 9.80. The van der Waals surface area contributed by atoms with E-state index in [-0.39, 0.29) is 12.6 Å². The molecule has 0 saturated heterocycles. The topological polar surface area (TPSA) is 103 Å². The van der Waals surface area contributed by atoms with Crippen LogP contribution in [0, 0.1) is 17.7 Å². The van der Waals surface area contributed by atoms with Crippen molar-refractivity contribution in [2.75, 3.05) is 6.61 Å². The monoisotopic (exact) mass is 430 g/mol. The number of hydrogen-bond acceptors (Lipinski definition) is 7. The molecule has 3 heterocycles. The molecule has 32 heavy (non-hydrogen) atoms. The van der Waals surface area contributed by atoms with Crippen molar-refractivity contribution in [1.82, 2.24) is 9.97 Å². The van der Waals surface area contributed by atoms with E-state index in [0.29, 0.717) is 39.3 Å². The van der Waals surface area contributed by atoms with Crippen LogP contribution in [0.15, 0.2) is 54.0 Å². The van der Waals surface area contributed by atoms with Gasteiger partial charge < -0.3 is 20.3 Å². The van der Waals surface area contributed by atoms with E-state index in [4.69, 9.17) is 15.2 Å². The third-order valence-corrected chi connectivity index (χ3v) is 5.27. The van der Waals surface area contributed by atoms with E-state index in [1.807, 2.05) is 6.07 Å². The molecule has 0 aliphatic carbocycles. The van der Waals surface area contributed by atoms with Crippen molar-refractivity contribution < 1.29 is 19.0 Å². The van der Waals surface area contributed by atoms with Gasteiger partial charge in [0, 0.05) is 46.3 Å². The number of halogens is 1. The number of aliphatic imine (C=N–C) groups is 1. The van der Waals surface area contributed by atoms with Crippen molar-refractivity contribution in [1.29, 1.82) is 0 Å². The summed E-state index contributed by atoms with van der Waals surface area (Å²) in [6.45, 7) is 3.35. The predicted octanol–water partition coefficient (Wildman–Crippen LogP) is 3.10. The first-order valence-electron chi connectivity index (χ1n) is 9.91. The van der Waals surface area contributed by atoms with Crippen molar-refractivity contribution in [2.45, 2.75) is 25.0 Å². The molecule has 1 aromatic heterocycles. The SMILES string of the molecule is CC(C)(O)C#Cc1ccc2c(c1)[C@]1(COC(N)=N1)c1cc(-c3cncnc3)c(F)cc1O2. The molecule has 0 unspecified atom stereocenters. The lowest BCUT2D eigenvalue weighted by Crippen LogP contribution is -2.31. The summed E-state index contributed by atoms with van der Waals surface area (Å²) in [7, 11) is 0. The van der Waals surface area contributed by atoms with E-state index in [9.17, 15) is 9.50 Å². The predicted molar refractivity (Wildman–Crippen MR) is 115 cm³/mol. The Labute approximate surface area is 183 Å². The lowest BCUT2D eigenvalue weighted by molar-refractivity contribution is 0.143. The van der Waals surface area contributed by atoms with Crippen LogP contribution >= 0.6 is 0 Å². The normalized spacial score (nSPS) is 18.6. The highest BCUT2D eigenvalue weighted by Gasteiger charge is 2.47. The van der Waals surface area contributed by atoms with Gasteiger partial charge in [0.25, 0.3) is 6.02 Å². The summed E-state index contributed by atoms with van der Waals surface area (Å²) in [5, 5.41) is 9.95. The second-order valence-corrected chi connectivity index (χ2v) is 8.18. The number of nitrogens with zero attached hydrogens (tertiary/aromatic N) is 3. The van der Waals surface area contributed by atoms with Gasteiger partial charge in [0.05, 0.1) is 0 Å². The number of amidine groups is 1. The highest BCUT2D eigenvalue weighted by molar-refractivity contribution is 5.78. The molecule has 0 bridgehead atoms. The van der Waals surface area contributed by atoms with Crippen LogP contribution in [0.25, 0.3) is 11.1 Å². The van der Waals surface area contributed by atoms with Gasteiger partial charge in [0.2, 0.25) is 0 Å².